The van der Waals surface area contributed by atoms with E-state index in [-0.39, 0.29) is 0 Å². The highest BCUT2D eigenvalue weighted by molar-refractivity contribution is 5.83. The van der Waals surface area contributed by atoms with Gasteiger partial charge in [0.25, 0.3) is 0 Å². The van der Waals surface area contributed by atoms with E-state index in [0.717, 1.165) is 19.5 Å². The van der Waals surface area contributed by atoms with Crippen molar-refractivity contribution in [2.75, 3.05) is 6.54 Å². The third-order valence-corrected chi connectivity index (χ3v) is 3.72. The lowest BCUT2D eigenvalue weighted by atomic mass is 10.1. The third kappa shape index (κ3) is 2.60. The van der Waals surface area contributed by atoms with Crippen molar-refractivity contribution in [2.45, 2.75) is 19.9 Å². The summed E-state index contributed by atoms with van der Waals surface area (Å²) in [5.74, 6) is 0. The summed E-state index contributed by atoms with van der Waals surface area (Å²) in [7, 11) is 1.97. The summed E-state index contributed by atoms with van der Waals surface area (Å²) in [6.07, 6.45) is 4.98. The number of aryl methyl sites for hydroxylation is 2. The Balaban J connectivity index is 1.60. The van der Waals surface area contributed by atoms with E-state index in [9.17, 15) is 0 Å². The smallest absolute Gasteiger partial charge is 0.0518 e. The van der Waals surface area contributed by atoms with Crippen LogP contribution in [0.25, 0.3) is 10.9 Å². The predicted molar refractivity (Wildman–Crippen MR) is 81.7 cm³/mol. The van der Waals surface area contributed by atoms with Crippen molar-refractivity contribution in [1.82, 2.24) is 20.1 Å². The number of nitrogens with one attached hydrogen (secondary N) is 2. The highest BCUT2D eigenvalue weighted by Crippen LogP contribution is 2.19. The van der Waals surface area contributed by atoms with E-state index >= 15 is 0 Å². The van der Waals surface area contributed by atoms with Gasteiger partial charge in [-0.2, -0.15) is 5.10 Å². The molecule has 0 bridgehead atoms. The van der Waals surface area contributed by atoms with Gasteiger partial charge in [0.05, 0.1) is 5.69 Å². The maximum Gasteiger partial charge on any atom is 0.0518 e. The van der Waals surface area contributed by atoms with Crippen LogP contribution in [0.4, 0.5) is 0 Å². The van der Waals surface area contributed by atoms with E-state index < -0.39 is 0 Å². The van der Waals surface area contributed by atoms with E-state index in [1.807, 2.05) is 24.0 Å². The van der Waals surface area contributed by atoms with E-state index in [4.69, 9.17) is 0 Å². The second-order valence-corrected chi connectivity index (χ2v) is 5.24. The molecular weight excluding hydrogens is 248 g/mol. The van der Waals surface area contributed by atoms with Crippen LogP contribution in [0.1, 0.15) is 16.8 Å². The molecule has 0 saturated carbocycles. The molecule has 4 nitrogen and oxygen atoms in total. The molecule has 0 unspecified atom stereocenters. The van der Waals surface area contributed by atoms with Gasteiger partial charge in [0.1, 0.15) is 0 Å². The lowest BCUT2D eigenvalue weighted by molar-refractivity contribution is 0.626. The van der Waals surface area contributed by atoms with Crippen molar-refractivity contribution in [3.05, 3.63) is 53.5 Å². The molecule has 0 radical (unpaired) electrons. The van der Waals surface area contributed by atoms with E-state index in [1.54, 1.807) is 0 Å². The Hall–Kier alpha value is -2.07. The second-order valence-electron chi connectivity index (χ2n) is 5.24. The minimum atomic E-state index is 0.859. The first-order valence-electron chi connectivity index (χ1n) is 6.98. The zero-order valence-corrected chi connectivity index (χ0v) is 12.0. The highest BCUT2D eigenvalue weighted by atomic mass is 15.3. The normalized spacial score (nSPS) is 11.3. The molecule has 0 amide bonds. The van der Waals surface area contributed by atoms with Crippen LogP contribution in [0.5, 0.6) is 0 Å². The Bertz CT molecular complexity index is 708. The standard InChI is InChI=1S/C16H20N4/c1-12-3-4-16-15(9-12)13(10-18-16)5-7-17-11-14-6-8-19-20(14)2/h3-4,6,8-10,17-18H,5,7,11H2,1-2H3. The van der Waals surface area contributed by atoms with Gasteiger partial charge < -0.3 is 10.3 Å². The van der Waals surface area contributed by atoms with Gasteiger partial charge in [-0.25, -0.2) is 0 Å². The molecule has 20 heavy (non-hydrogen) atoms. The molecule has 0 fully saturated rings. The molecule has 0 aliphatic rings. The molecular formula is C16H20N4. The molecule has 0 aliphatic heterocycles. The number of rotatable bonds is 5. The first kappa shape index (κ1) is 12.9. The van der Waals surface area contributed by atoms with Crippen molar-refractivity contribution < 1.29 is 0 Å². The summed E-state index contributed by atoms with van der Waals surface area (Å²) >= 11 is 0. The average Bonchev–Trinajstić information content (AvgIpc) is 3.01. The lowest BCUT2D eigenvalue weighted by Crippen LogP contribution is -2.18. The molecule has 4 heteroatoms. The van der Waals surface area contributed by atoms with Crippen LogP contribution in [0.15, 0.2) is 36.7 Å². The van der Waals surface area contributed by atoms with Crippen molar-refractivity contribution in [3.63, 3.8) is 0 Å². The molecule has 0 aliphatic carbocycles. The Morgan fingerprint density at radius 3 is 3.00 bits per heavy atom. The third-order valence-electron chi connectivity index (χ3n) is 3.72. The van der Waals surface area contributed by atoms with Crippen molar-refractivity contribution in [1.29, 1.82) is 0 Å². The zero-order chi connectivity index (χ0) is 13.9. The summed E-state index contributed by atoms with van der Waals surface area (Å²) in [6, 6.07) is 8.59. The molecule has 0 saturated heterocycles. The number of benzene rings is 1. The molecule has 3 rings (SSSR count). The van der Waals surface area contributed by atoms with Crippen LogP contribution in [-0.4, -0.2) is 21.3 Å². The topological polar surface area (TPSA) is 45.6 Å². The Kier molecular flexibility index (Phi) is 3.56. The Labute approximate surface area is 118 Å². The van der Waals surface area contributed by atoms with Gasteiger partial charge in [-0.1, -0.05) is 11.6 Å². The van der Waals surface area contributed by atoms with Crippen LogP contribution in [0.2, 0.25) is 0 Å². The quantitative estimate of drug-likeness (QED) is 0.699. The number of aromatic amines is 1. The van der Waals surface area contributed by atoms with E-state index in [2.05, 4.69) is 46.7 Å². The number of aromatic nitrogens is 3. The van der Waals surface area contributed by atoms with Crippen LogP contribution in [0.3, 0.4) is 0 Å². The maximum absolute atomic E-state index is 4.17. The molecule has 0 atom stereocenters. The van der Waals surface area contributed by atoms with Crippen LogP contribution < -0.4 is 5.32 Å². The Morgan fingerprint density at radius 1 is 1.30 bits per heavy atom. The van der Waals surface area contributed by atoms with E-state index in [0.29, 0.717) is 0 Å². The number of hydrogen-bond donors (Lipinski definition) is 2. The zero-order valence-electron chi connectivity index (χ0n) is 12.0. The largest absolute Gasteiger partial charge is 0.361 e. The molecule has 0 spiro atoms. The number of hydrogen-bond acceptors (Lipinski definition) is 2. The molecule has 2 aromatic heterocycles. The van der Waals surface area contributed by atoms with Crippen molar-refractivity contribution in [2.24, 2.45) is 7.05 Å². The van der Waals surface area contributed by atoms with E-state index in [1.165, 1.54) is 27.7 Å². The molecule has 104 valence electrons. The van der Waals surface area contributed by atoms with Crippen molar-refractivity contribution in [3.8, 4) is 0 Å². The fraction of sp³-hybridized carbons (Fsp3) is 0.312. The number of fused-ring (bicyclic) bond motifs is 1. The fourth-order valence-corrected chi connectivity index (χ4v) is 2.51. The SMILES string of the molecule is Cc1ccc2[nH]cc(CCNCc3ccnn3C)c2c1. The lowest BCUT2D eigenvalue weighted by Gasteiger charge is -2.05. The van der Waals surface area contributed by atoms with Gasteiger partial charge in [-0.3, -0.25) is 4.68 Å². The average molecular weight is 268 g/mol. The number of nitrogens with zero attached hydrogens (tertiary/aromatic N) is 2. The first-order valence-corrected chi connectivity index (χ1v) is 6.98. The second kappa shape index (κ2) is 5.51. The van der Waals surface area contributed by atoms with Crippen molar-refractivity contribution >= 4 is 10.9 Å². The van der Waals surface area contributed by atoms with Crippen LogP contribution >= 0.6 is 0 Å². The van der Waals surface area contributed by atoms with Gasteiger partial charge in [0, 0.05) is 36.9 Å². The van der Waals surface area contributed by atoms with Crippen LogP contribution in [0, 0.1) is 6.92 Å². The maximum atomic E-state index is 4.17. The molecule has 1 aromatic carbocycles. The summed E-state index contributed by atoms with van der Waals surface area (Å²) < 4.78 is 1.90. The molecule has 3 aromatic rings. The minimum absolute atomic E-state index is 0.859. The van der Waals surface area contributed by atoms with Gasteiger partial charge in [-0.05, 0) is 43.7 Å². The monoisotopic (exact) mass is 268 g/mol. The summed E-state index contributed by atoms with van der Waals surface area (Å²) in [6.45, 7) is 3.96. The highest BCUT2D eigenvalue weighted by Gasteiger charge is 2.04. The van der Waals surface area contributed by atoms with Gasteiger partial charge in [0.2, 0.25) is 0 Å². The summed E-state index contributed by atoms with van der Waals surface area (Å²) in [5.41, 5.74) is 5.11. The minimum Gasteiger partial charge on any atom is -0.361 e. The molecule has 2 heterocycles. The fourth-order valence-electron chi connectivity index (χ4n) is 2.51. The van der Waals surface area contributed by atoms with Gasteiger partial charge in [-0.15, -0.1) is 0 Å². The van der Waals surface area contributed by atoms with Gasteiger partial charge in [0.15, 0.2) is 0 Å². The first-order chi connectivity index (χ1) is 9.74. The summed E-state index contributed by atoms with van der Waals surface area (Å²) in [4.78, 5) is 3.34. The predicted octanol–water partition coefficient (Wildman–Crippen LogP) is 2.54. The molecule has 2 N–H and O–H groups in total. The summed E-state index contributed by atoms with van der Waals surface area (Å²) in [5, 5.41) is 8.98. The van der Waals surface area contributed by atoms with Gasteiger partial charge >= 0.3 is 0 Å². The van der Waals surface area contributed by atoms with Crippen LogP contribution in [-0.2, 0) is 20.0 Å². The Morgan fingerprint density at radius 2 is 2.20 bits per heavy atom. The number of H-pyrrole nitrogens is 1.